The van der Waals surface area contributed by atoms with Crippen molar-refractivity contribution in [3.8, 4) is 0 Å². The predicted molar refractivity (Wildman–Crippen MR) is 44.8 cm³/mol. The molecule has 5 heteroatoms. The first-order chi connectivity index (χ1) is 6.07. The smallest absolute Gasteiger partial charge is 0.195 e. The van der Waals surface area contributed by atoms with Crippen LogP contribution in [0.15, 0.2) is 10.5 Å². The van der Waals surface area contributed by atoms with Crippen LogP contribution < -0.4 is 0 Å². The zero-order valence-electron chi connectivity index (χ0n) is 6.45. The summed E-state index contributed by atoms with van der Waals surface area (Å²) in [5, 5.41) is 8.50. The van der Waals surface area contributed by atoms with E-state index < -0.39 is 17.5 Å². The minimum atomic E-state index is -1.52. The molecule has 0 amide bonds. The average molecular weight is 255 g/mol. The van der Waals surface area contributed by atoms with Crippen molar-refractivity contribution >= 4 is 15.9 Å². The molecule has 1 aromatic carbocycles. The summed E-state index contributed by atoms with van der Waals surface area (Å²) >= 11 is 2.74. The maximum absolute atomic E-state index is 12.9. The van der Waals surface area contributed by atoms with Crippen molar-refractivity contribution in [2.75, 3.05) is 6.61 Å². The molecule has 0 atom stereocenters. The standard InChI is InChI=1S/C8H6BrF3O/c9-5-3-4(1-2-13)6(10)8(12)7(5)11/h3,13H,1-2H2. The molecule has 0 unspecified atom stereocenters. The first-order valence-electron chi connectivity index (χ1n) is 3.50. The lowest BCUT2D eigenvalue weighted by atomic mass is 10.1. The second-order valence-corrected chi connectivity index (χ2v) is 3.29. The van der Waals surface area contributed by atoms with Crippen molar-refractivity contribution in [2.24, 2.45) is 0 Å². The molecule has 72 valence electrons. The van der Waals surface area contributed by atoms with Crippen LogP contribution in [0.1, 0.15) is 5.56 Å². The van der Waals surface area contributed by atoms with Gasteiger partial charge in [0, 0.05) is 6.61 Å². The fraction of sp³-hybridized carbons (Fsp3) is 0.250. The summed E-state index contributed by atoms with van der Waals surface area (Å²) in [5.41, 5.74) is -0.0479. The number of aliphatic hydroxyl groups is 1. The van der Waals surface area contributed by atoms with Crippen LogP contribution in [-0.4, -0.2) is 11.7 Å². The van der Waals surface area contributed by atoms with E-state index in [0.29, 0.717) is 0 Å². The largest absolute Gasteiger partial charge is 0.396 e. The van der Waals surface area contributed by atoms with E-state index in [4.69, 9.17) is 5.11 Å². The number of benzene rings is 1. The highest BCUT2D eigenvalue weighted by molar-refractivity contribution is 9.10. The molecule has 0 bridgehead atoms. The van der Waals surface area contributed by atoms with Gasteiger partial charge in [-0.25, -0.2) is 13.2 Å². The highest BCUT2D eigenvalue weighted by Crippen LogP contribution is 2.23. The molecule has 0 saturated heterocycles. The number of aliphatic hydroxyl groups excluding tert-OH is 1. The van der Waals surface area contributed by atoms with Gasteiger partial charge in [-0.05, 0) is 34.0 Å². The molecule has 0 aromatic heterocycles. The number of hydrogen-bond acceptors (Lipinski definition) is 1. The Morgan fingerprint density at radius 1 is 1.15 bits per heavy atom. The molecule has 0 aliphatic carbocycles. The predicted octanol–water partition coefficient (Wildman–Crippen LogP) is 2.40. The molecular formula is C8H6BrF3O. The highest BCUT2D eigenvalue weighted by Gasteiger charge is 2.16. The summed E-state index contributed by atoms with van der Waals surface area (Å²) in [7, 11) is 0. The Hall–Kier alpha value is -0.550. The van der Waals surface area contributed by atoms with Crippen molar-refractivity contribution in [1.29, 1.82) is 0 Å². The minimum Gasteiger partial charge on any atom is -0.396 e. The molecule has 13 heavy (non-hydrogen) atoms. The van der Waals surface area contributed by atoms with Crippen molar-refractivity contribution < 1.29 is 18.3 Å². The van der Waals surface area contributed by atoms with Crippen LogP contribution >= 0.6 is 15.9 Å². The van der Waals surface area contributed by atoms with Gasteiger partial charge >= 0.3 is 0 Å². The Kier molecular flexibility index (Phi) is 3.33. The molecule has 0 fully saturated rings. The Morgan fingerprint density at radius 2 is 1.77 bits per heavy atom. The lowest BCUT2D eigenvalue weighted by Gasteiger charge is -2.04. The van der Waals surface area contributed by atoms with Gasteiger partial charge in [0.1, 0.15) is 0 Å². The first-order valence-corrected chi connectivity index (χ1v) is 4.30. The molecule has 0 spiro atoms. The molecule has 0 radical (unpaired) electrons. The van der Waals surface area contributed by atoms with Gasteiger partial charge in [0.05, 0.1) is 4.47 Å². The Morgan fingerprint density at radius 3 is 2.31 bits per heavy atom. The minimum absolute atomic E-state index is 0.0400. The summed E-state index contributed by atoms with van der Waals surface area (Å²) < 4.78 is 38.1. The van der Waals surface area contributed by atoms with Crippen LogP contribution in [0.25, 0.3) is 0 Å². The number of halogens is 4. The third-order valence-corrected chi connectivity index (χ3v) is 2.14. The zero-order valence-corrected chi connectivity index (χ0v) is 8.04. The summed E-state index contributed by atoms with van der Waals surface area (Å²) in [6, 6.07) is 1.12. The second kappa shape index (κ2) is 4.11. The van der Waals surface area contributed by atoms with Crippen LogP contribution in [0.2, 0.25) is 0 Å². The molecule has 0 heterocycles. The van der Waals surface area contributed by atoms with E-state index in [1.54, 1.807) is 0 Å². The summed E-state index contributed by atoms with van der Waals surface area (Å²) in [6.07, 6.45) is -0.0400. The molecule has 1 nitrogen and oxygen atoms in total. The SMILES string of the molecule is OCCc1cc(Br)c(F)c(F)c1F. The molecule has 1 rings (SSSR count). The monoisotopic (exact) mass is 254 g/mol. The van der Waals surface area contributed by atoms with Crippen LogP contribution in [0.3, 0.4) is 0 Å². The number of hydrogen-bond donors (Lipinski definition) is 1. The maximum atomic E-state index is 12.9. The molecular weight excluding hydrogens is 249 g/mol. The van der Waals surface area contributed by atoms with E-state index in [0.717, 1.165) is 6.07 Å². The fourth-order valence-electron chi connectivity index (χ4n) is 0.924. The van der Waals surface area contributed by atoms with E-state index in [2.05, 4.69) is 15.9 Å². The van der Waals surface area contributed by atoms with Gasteiger partial charge in [-0.15, -0.1) is 0 Å². The van der Waals surface area contributed by atoms with Crippen molar-refractivity contribution in [3.63, 3.8) is 0 Å². The molecule has 0 saturated carbocycles. The normalized spacial score (nSPS) is 10.5. The Bertz CT molecular complexity index is 328. The van der Waals surface area contributed by atoms with Gasteiger partial charge in [0.25, 0.3) is 0 Å². The third kappa shape index (κ3) is 2.03. The van der Waals surface area contributed by atoms with Crippen molar-refractivity contribution in [1.82, 2.24) is 0 Å². The van der Waals surface area contributed by atoms with Gasteiger partial charge in [-0.2, -0.15) is 0 Å². The van der Waals surface area contributed by atoms with Crippen molar-refractivity contribution in [2.45, 2.75) is 6.42 Å². The molecule has 1 N–H and O–H groups in total. The fourth-order valence-corrected chi connectivity index (χ4v) is 1.37. The topological polar surface area (TPSA) is 20.2 Å². The third-order valence-electron chi connectivity index (χ3n) is 1.56. The van der Waals surface area contributed by atoms with Gasteiger partial charge < -0.3 is 5.11 Å². The summed E-state index contributed by atoms with van der Waals surface area (Å²) in [4.78, 5) is 0. The lowest BCUT2D eigenvalue weighted by molar-refractivity contribution is 0.296. The van der Waals surface area contributed by atoms with E-state index in [1.807, 2.05) is 0 Å². The van der Waals surface area contributed by atoms with E-state index >= 15 is 0 Å². The molecule has 0 aliphatic heterocycles. The highest BCUT2D eigenvalue weighted by atomic mass is 79.9. The zero-order chi connectivity index (χ0) is 10.0. The van der Waals surface area contributed by atoms with Gasteiger partial charge in [-0.3, -0.25) is 0 Å². The second-order valence-electron chi connectivity index (χ2n) is 2.43. The van der Waals surface area contributed by atoms with Crippen LogP contribution in [-0.2, 0) is 6.42 Å². The lowest BCUT2D eigenvalue weighted by Crippen LogP contribution is -2.01. The van der Waals surface area contributed by atoms with Gasteiger partial charge in [-0.1, -0.05) is 0 Å². The van der Waals surface area contributed by atoms with E-state index in [1.165, 1.54) is 0 Å². The molecule has 1 aromatic rings. The van der Waals surface area contributed by atoms with Crippen LogP contribution in [0.5, 0.6) is 0 Å². The van der Waals surface area contributed by atoms with Crippen LogP contribution in [0.4, 0.5) is 13.2 Å². The summed E-state index contributed by atoms with van der Waals surface area (Å²) in [5.74, 6) is -4.01. The number of rotatable bonds is 2. The first kappa shape index (κ1) is 10.5. The van der Waals surface area contributed by atoms with Gasteiger partial charge in [0.2, 0.25) is 0 Å². The quantitative estimate of drug-likeness (QED) is 0.635. The van der Waals surface area contributed by atoms with Crippen LogP contribution in [0, 0.1) is 17.5 Å². The van der Waals surface area contributed by atoms with E-state index in [9.17, 15) is 13.2 Å². The van der Waals surface area contributed by atoms with Gasteiger partial charge in [0.15, 0.2) is 17.5 Å². The Labute approximate surface area is 81.3 Å². The van der Waals surface area contributed by atoms with Crippen molar-refractivity contribution in [3.05, 3.63) is 33.6 Å². The maximum Gasteiger partial charge on any atom is 0.195 e. The average Bonchev–Trinajstić information content (AvgIpc) is 2.11. The van der Waals surface area contributed by atoms with E-state index in [-0.39, 0.29) is 23.1 Å². The molecule has 0 aliphatic rings. The Balaban J connectivity index is 3.24. The summed E-state index contributed by atoms with van der Waals surface area (Å²) in [6.45, 7) is -0.311.